The predicted octanol–water partition coefficient (Wildman–Crippen LogP) is 1.60. The Bertz CT molecular complexity index is 642. The third kappa shape index (κ3) is 2.47. The van der Waals surface area contributed by atoms with Crippen molar-refractivity contribution in [1.29, 1.82) is 0 Å². The van der Waals surface area contributed by atoms with E-state index in [1.165, 1.54) is 30.1 Å². The minimum atomic E-state index is -1.14. The second kappa shape index (κ2) is 5.28. The first kappa shape index (κ1) is 15.7. The molecule has 0 spiro atoms. The molecule has 8 nitrogen and oxygen atoms in total. The zero-order valence-electron chi connectivity index (χ0n) is 12.3. The van der Waals surface area contributed by atoms with Crippen LogP contribution < -0.4 is 4.74 Å². The van der Waals surface area contributed by atoms with Crippen LogP contribution in [0.4, 0.5) is 5.69 Å². The molecule has 0 bridgehead atoms. The fourth-order valence-electron chi connectivity index (χ4n) is 2.83. The molecule has 8 heteroatoms. The van der Waals surface area contributed by atoms with Gasteiger partial charge in [0, 0.05) is 24.7 Å². The molecule has 0 saturated carbocycles. The Morgan fingerprint density at radius 2 is 2.14 bits per heavy atom. The van der Waals surface area contributed by atoms with Crippen molar-refractivity contribution in [1.82, 2.24) is 4.90 Å². The third-order valence-corrected chi connectivity index (χ3v) is 3.83. The van der Waals surface area contributed by atoms with Gasteiger partial charge in [-0.05, 0) is 19.9 Å². The number of aliphatic carboxylic acids is 1. The summed E-state index contributed by atoms with van der Waals surface area (Å²) in [6, 6.07) is 3.12. The lowest BCUT2D eigenvalue weighted by atomic mass is 9.78. The van der Waals surface area contributed by atoms with Gasteiger partial charge in [-0.3, -0.25) is 19.7 Å². The van der Waals surface area contributed by atoms with Crippen LogP contribution in [0.15, 0.2) is 18.2 Å². The summed E-state index contributed by atoms with van der Waals surface area (Å²) in [7, 11) is 1.44. The first-order chi connectivity index (χ1) is 10.2. The van der Waals surface area contributed by atoms with E-state index in [1.807, 2.05) is 0 Å². The summed E-state index contributed by atoms with van der Waals surface area (Å²) in [5, 5.41) is 20.5. The molecule has 2 rings (SSSR count). The molecule has 1 aliphatic rings. The lowest BCUT2D eigenvalue weighted by Gasteiger charge is -2.44. The Morgan fingerprint density at radius 1 is 1.50 bits per heavy atom. The van der Waals surface area contributed by atoms with Crippen molar-refractivity contribution in [3.63, 3.8) is 0 Å². The largest absolute Gasteiger partial charge is 0.486 e. The van der Waals surface area contributed by atoms with Gasteiger partial charge in [0.15, 0.2) is 0 Å². The van der Waals surface area contributed by atoms with Crippen LogP contribution in [0, 0.1) is 16.0 Å². The molecule has 1 N–H and O–H groups in total. The zero-order chi connectivity index (χ0) is 16.7. The van der Waals surface area contributed by atoms with Gasteiger partial charge in [0.1, 0.15) is 17.3 Å². The van der Waals surface area contributed by atoms with Gasteiger partial charge in [-0.15, -0.1) is 0 Å². The predicted molar refractivity (Wildman–Crippen MR) is 75.5 cm³/mol. The van der Waals surface area contributed by atoms with E-state index < -0.39 is 28.5 Å². The average molecular weight is 308 g/mol. The van der Waals surface area contributed by atoms with Crippen molar-refractivity contribution in [2.45, 2.75) is 25.5 Å². The van der Waals surface area contributed by atoms with E-state index in [9.17, 15) is 24.8 Å². The number of nitrogens with zero attached hydrogens (tertiary/aromatic N) is 2. The van der Waals surface area contributed by atoms with Crippen LogP contribution in [-0.2, 0) is 9.59 Å². The molecular formula is C14H16N2O6. The maximum atomic E-state index is 11.7. The van der Waals surface area contributed by atoms with Crippen molar-refractivity contribution in [3.8, 4) is 5.75 Å². The molecule has 2 atom stereocenters. The molecule has 1 aromatic rings. The van der Waals surface area contributed by atoms with E-state index in [-0.39, 0.29) is 5.69 Å². The Labute approximate surface area is 126 Å². The molecule has 22 heavy (non-hydrogen) atoms. The molecule has 0 saturated heterocycles. The molecule has 0 fully saturated rings. The minimum Gasteiger partial charge on any atom is -0.486 e. The number of non-ortho nitro benzene ring substituents is 1. The number of ether oxygens (including phenoxy) is 1. The fourth-order valence-corrected chi connectivity index (χ4v) is 2.83. The number of nitro benzene ring substituents is 1. The monoisotopic (exact) mass is 308 g/mol. The van der Waals surface area contributed by atoms with Gasteiger partial charge in [-0.1, -0.05) is 0 Å². The number of fused-ring (bicyclic) bond motifs is 1. The number of nitro groups is 1. The normalized spacial score (nSPS) is 22.1. The van der Waals surface area contributed by atoms with Crippen molar-refractivity contribution >= 4 is 18.1 Å². The SMILES string of the molecule is CN(C=O)C1c2cc([N+](=O)[O-])ccc2OC(C)(C)C1C(=O)O. The molecule has 1 amide bonds. The minimum absolute atomic E-state index is 0.185. The van der Waals surface area contributed by atoms with Crippen molar-refractivity contribution in [3.05, 3.63) is 33.9 Å². The molecule has 118 valence electrons. The standard InChI is InChI=1S/C14H16N2O6/c1-14(2)11(13(18)19)12(15(3)7-17)9-6-8(16(20)21)4-5-10(9)22-14/h4-7,11-12H,1-3H3,(H,18,19). The van der Waals surface area contributed by atoms with E-state index >= 15 is 0 Å². The summed E-state index contributed by atoms with van der Waals surface area (Å²) in [5.41, 5.74) is -0.942. The molecule has 0 aromatic heterocycles. The van der Waals surface area contributed by atoms with E-state index in [0.29, 0.717) is 17.7 Å². The summed E-state index contributed by atoms with van der Waals surface area (Å²) in [4.78, 5) is 34.4. The smallest absolute Gasteiger partial charge is 0.313 e. The second-order valence-corrected chi connectivity index (χ2v) is 5.72. The number of carboxylic acids is 1. The number of carbonyl (C=O) groups excluding carboxylic acids is 1. The number of carbonyl (C=O) groups is 2. The molecule has 2 unspecified atom stereocenters. The van der Waals surface area contributed by atoms with Crippen molar-refractivity contribution in [2.24, 2.45) is 5.92 Å². The second-order valence-electron chi connectivity index (χ2n) is 5.72. The van der Waals surface area contributed by atoms with Crippen LogP contribution in [-0.4, -0.2) is 40.0 Å². The zero-order valence-corrected chi connectivity index (χ0v) is 12.3. The van der Waals surface area contributed by atoms with Gasteiger partial charge in [-0.2, -0.15) is 0 Å². The highest BCUT2D eigenvalue weighted by molar-refractivity contribution is 5.75. The molecule has 1 aliphatic heterocycles. The summed E-state index contributed by atoms with van der Waals surface area (Å²) in [5.74, 6) is -1.86. The highest BCUT2D eigenvalue weighted by Crippen LogP contribution is 2.47. The van der Waals surface area contributed by atoms with Gasteiger partial charge in [0.25, 0.3) is 5.69 Å². The topological polar surface area (TPSA) is 110 Å². The van der Waals surface area contributed by atoms with Gasteiger partial charge >= 0.3 is 5.97 Å². The first-order valence-corrected chi connectivity index (χ1v) is 6.56. The van der Waals surface area contributed by atoms with Gasteiger partial charge in [0.2, 0.25) is 6.41 Å². The highest BCUT2D eigenvalue weighted by Gasteiger charge is 2.50. The summed E-state index contributed by atoms with van der Waals surface area (Å²) < 4.78 is 5.71. The van der Waals surface area contributed by atoms with Crippen LogP contribution in [0.2, 0.25) is 0 Å². The lowest BCUT2D eigenvalue weighted by Crippen LogP contribution is -2.52. The number of hydrogen-bond acceptors (Lipinski definition) is 5. The molecule has 1 aromatic carbocycles. The summed E-state index contributed by atoms with van der Waals surface area (Å²) in [6.07, 6.45) is 0.505. The van der Waals surface area contributed by atoms with Crippen molar-refractivity contribution in [2.75, 3.05) is 7.05 Å². The molecule has 0 aliphatic carbocycles. The molecular weight excluding hydrogens is 292 g/mol. The van der Waals surface area contributed by atoms with Crippen LogP contribution in [0.25, 0.3) is 0 Å². The maximum Gasteiger partial charge on any atom is 0.313 e. The summed E-state index contributed by atoms with van der Waals surface area (Å²) >= 11 is 0. The first-order valence-electron chi connectivity index (χ1n) is 6.56. The Morgan fingerprint density at radius 3 is 2.64 bits per heavy atom. The van der Waals surface area contributed by atoms with Gasteiger partial charge < -0.3 is 14.7 Å². The van der Waals surface area contributed by atoms with Crippen molar-refractivity contribution < 1.29 is 24.4 Å². The van der Waals surface area contributed by atoms with Crippen LogP contribution >= 0.6 is 0 Å². The van der Waals surface area contributed by atoms with Crippen LogP contribution in [0.3, 0.4) is 0 Å². The van der Waals surface area contributed by atoms with E-state index in [0.717, 1.165) is 0 Å². The third-order valence-electron chi connectivity index (χ3n) is 3.83. The molecule has 0 radical (unpaired) electrons. The number of rotatable bonds is 4. The Kier molecular flexibility index (Phi) is 3.78. The average Bonchev–Trinajstić information content (AvgIpc) is 2.42. The summed E-state index contributed by atoms with van der Waals surface area (Å²) in [6.45, 7) is 3.23. The Hall–Kier alpha value is -2.64. The van der Waals surface area contributed by atoms with E-state index in [2.05, 4.69) is 0 Å². The quantitative estimate of drug-likeness (QED) is 0.514. The van der Waals surface area contributed by atoms with Crippen LogP contribution in [0.5, 0.6) is 5.75 Å². The van der Waals surface area contributed by atoms with E-state index in [1.54, 1.807) is 13.8 Å². The lowest BCUT2D eigenvalue weighted by molar-refractivity contribution is -0.385. The van der Waals surface area contributed by atoms with Gasteiger partial charge in [-0.25, -0.2) is 0 Å². The fraction of sp³-hybridized carbons (Fsp3) is 0.429. The van der Waals surface area contributed by atoms with E-state index in [4.69, 9.17) is 4.74 Å². The number of hydrogen-bond donors (Lipinski definition) is 1. The number of carboxylic acid groups (broad SMARTS) is 1. The number of amides is 1. The maximum absolute atomic E-state index is 11.7. The molecule has 1 heterocycles. The Balaban J connectivity index is 2.68. The number of benzene rings is 1. The van der Waals surface area contributed by atoms with Crippen LogP contribution in [0.1, 0.15) is 25.5 Å². The highest BCUT2D eigenvalue weighted by atomic mass is 16.6. The van der Waals surface area contributed by atoms with Gasteiger partial charge in [0.05, 0.1) is 11.0 Å².